The maximum atomic E-state index is 13.4. The van der Waals surface area contributed by atoms with E-state index in [9.17, 15) is 22.4 Å². The Morgan fingerprint density at radius 2 is 1.89 bits per heavy atom. The average Bonchev–Trinajstić information content (AvgIpc) is 2.79. The first-order chi connectivity index (χ1) is 8.56. The highest BCUT2D eigenvalue weighted by Crippen LogP contribution is 2.65. The Bertz CT molecular complexity index is 542. The molecule has 19 heavy (non-hydrogen) atoms. The second-order valence-electron chi connectivity index (χ2n) is 4.21. The van der Waals surface area contributed by atoms with E-state index in [2.05, 4.69) is 0 Å². The van der Waals surface area contributed by atoms with E-state index in [1.807, 2.05) is 0 Å². The Hall–Kier alpha value is -1.01. The quantitative estimate of drug-likeness (QED) is 0.665. The molecule has 1 aliphatic rings. The van der Waals surface area contributed by atoms with Crippen LogP contribution >= 0.6 is 23.2 Å². The summed E-state index contributed by atoms with van der Waals surface area (Å²) in [6, 6.07) is 2.15. The van der Waals surface area contributed by atoms with Gasteiger partial charge in [-0.2, -0.15) is 13.2 Å². The number of hydrogen-bond donors (Lipinski definition) is 1. The Morgan fingerprint density at radius 3 is 2.26 bits per heavy atom. The molecule has 1 aromatic carbocycles. The Balaban J connectivity index is 2.35. The number of halogens is 6. The zero-order valence-corrected chi connectivity index (χ0v) is 10.5. The van der Waals surface area contributed by atoms with E-state index in [0.717, 1.165) is 6.07 Å². The number of hydrogen-bond acceptors (Lipinski definition) is 1. The van der Waals surface area contributed by atoms with Crippen molar-refractivity contribution in [2.24, 2.45) is 5.92 Å². The van der Waals surface area contributed by atoms with Gasteiger partial charge in [0.15, 0.2) is 0 Å². The lowest BCUT2D eigenvalue weighted by molar-refractivity contribution is -0.140. The van der Waals surface area contributed by atoms with Crippen molar-refractivity contribution in [1.29, 1.82) is 0 Å². The van der Waals surface area contributed by atoms with Gasteiger partial charge in [0.1, 0.15) is 10.2 Å². The molecule has 0 bridgehead atoms. The summed E-state index contributed by atoms with van der Waals surface area (Å²) in [6.45, 7) is 0. The van der Waals surface area contributed by atoms with Crippen molar-refractivity contribution in [3.8, 4) is 0 Å². The van der Waals surface area contributed by atoms with Gasteiger partial charge in [-0.3, -0.25) is 4.79 Å². The van der Waals surface area contributed by atoms with Gasteiger partial charge >= 0.3 is 12.1 Å². The molecule has 1 saturated carbocycles. The molecule has 104 valence electrons. The Morgan fingerprint density at radius 1 is 1.32 bits per heavy atom. The number of alkyl halides is 5. The smallest absolute Gasteiger partial charge is 0.419 e. The lowest BCUT2D eigenvalue weighted by Gasteiger charge is -2.09. The van der Waals surface area contributed by atoms with Crippen molar-refractivity contribution in [2.45, 2.75) is 16.4 Å². The van der Waals surface area contributed by atoms with E-state index in [0.29, 0.717) is 12.1 Å². The summed E-state index contributed by atoms with van der Waals surface area (Å²) < 4.78 is 48.8. The lowest BCUT2D eigenvalue weighted by atomic mass is 10.1. The van der Waals surface area contributed by atoms with E-state index in [4.69, 9.17) is 28.3 Å². The number of carbonyl (C=O) groups is 1. The number of carboxylic acid groups (broad SMARTS) is 1. The molecule has 1 aromatic rings. The molecule has 0 unspecified atom stereocenters. The number of carboxylic acids is 1. The first-order valence-electron chi connectivity index (χ1n) is 5.04. The molecule has 0 spiro atoms. The second-order valence-corrected chi connectivity index (χ2v) is 5.65. The van der Waals surface area contributed by atoms with Crippen molar-refractivity contribution in [2.75, 3.05) is 0 Å². The van der Waals surface area contributed by atoms with Crippen molar-refractivity contribution >= 4 is 29.2 Å². The largest absolute Gasteiger partial charge is 0.481 e. The monoisotopic (exact) mass is 316 g/mol. The average molecular weight is 317 g/mol. The molecule has 1 N–H and O–H groups in total. The molecule has 2 nitrogen and oxygen atoms in total. The van der Waals surface area contributed by atoms with Crippen LogP contribution in [0, 0.1) is 11.7 Å². The third kappa shape index (κ3) is 2.39. The van der Waals surface area contributed by atoms with Crippen LogP contribution in [0.2, 0.25) is 0 Å². The van der Waals surface area contributed by atoms with Crippen LogP contribution in [-0.2, 0) is 11.0 Å². The minimum atomic E-state index is -4.81. The van der Waals surface area contributed by atoms with Crippen LogP contribution in [0.25, 0.3) is 0 Å². The summed E-state index contributed by atoms with van der Waals surface area (Å²) in [7, 11) is 0. The standard InChI is InChI=1S/C11H6Cl2F4O2/c12-10(13)7(8(10)9(18)19)4-1-2-5(6(14)3-4)11(15,16)17/h1-3,7-8H,(H,18,19)/t7-,8+/m0/s1. The molecule has 0 aliphatic heterocycles. The normalized spacial score (nSPS) is 25.2. The number of aliphatic carboxylic acids is 1. The topological polar surface area (TPSA) is 37.3 Å². The first-order valence-corrected chi connectivity index (χ1v) is 5.79. The van der Waals surface area contributed by atoms with Gasteiger partial charge in [0.2, 0.25) is 0 Å². The predicted molar refractivity (Wildman–Crippen MR) is 59.7 cm³/mol. The molecule has 1 fully saturated rings. The van der Waals surface area contributed by atoms with Gasteiger partial charge in [-0.1, -0.05) is 29.3 Å². The van der Waals surface area contributed by atoms with Crippen molar-refractivity contribution < 1.29 is 27.5 Å². The van der Waals surface area contributed by atoms with Gasteiger partial charge in [0.25, 0.3) is 0 Å². The van der Waals surface area contributed by atoms with Gasteiger partial charge in [-0.15, -0.1) is 0 Å². The maximum absolute atomic E-state index is 13.4. The maximum Gasteiger partial charge on any atom is 0.419 e. The number of benzene rings is 1. The zero-order chi connectivity index (χ0) is 14.6. The summed E-state index contributed by atoms with van der Waals surface area (Å²) in [5.41, 5.74) is -1.39. The van der Waals surface area contributed by atoms with Crippen LogP contribution in [0.4, 0.5) is 17.6 Å². The fourth-order valence-electron chi connectivity index (χ4n) is 2.00. The van der Waals surface area contributed by atoms with Crippen LogP contribution < -0.4 is 0 Å². The molecule has 8 heteroatoms. The molecule has 2 rings (SSSR count). The van der Waals surface area contributed by atoms with Crippen molar-refractivity contribution in [1.82, 2.24) is 0 Å². The first kappa shape index (κ1) is 14.4. The molecule has 0 radical (unpaired) electrons. The Labute approximate surface area is 114 Å². The molecule has 0 aromatic heterocycles. The highest BCUT2D eigenvalue weighted by Gasteiger charge is 2.68. The van der Waals surface area contributed by atoms with Gasteiger partial charge in [0, 0.05) is 5.92 Å². The third-order valence-corrected chi connectivity index (χ3v) is 3.92. The van der Waals surface area contributed by atoms with Crippen LogP contribution in [0.15, 0.2) is 18.2 Å². The summed E-state index contributed by atoms with van der Waals surface area (Å²) in [5.74, 6) is -4.85. The van der Waals surface area contributed by atoms with E-state index in [-0.39, 0.29) is 5.56 Å². The molecule has 0 heterocycles. The Kier molecular flexibility index (Phi) is 3.22. The lowest BCUT2D eigenvalue weighted by Crippen LogP contribution is -2.08. The molecule has 0 amide bonds. The van der Waals surface area contributed by atoms with Gasteiger partial charge in [0.05, 0.1) is 11.5 Å². The minimum Gasteiger partial charge on any atom is -0.481 e. The molecular weight excluding hydrogens is 311 g/mol. The molecule has 0 saturated heterocycles. The minimum absolute atomic E-state index is 0.0305. The predicted octanol–water partition coefficient (Wildman–Crippen LogP) is 3.82. The van der Waals surface area contributed by atoms with Crippen LogP contribution in [0.1, 0.15) is 17.0 Å². The van der Waals surface area contributed by atoms with Crippen LogP contribution in [0.3, 0.4) is 0 Å². The third-order valence-electron chi connectivity index (χ3n) is 2.98. The zero-order valence-electron chi connectivity index (χ0n) is 9.01. The summed E-state index contributed by atoms with van der Waals surface area (Å²) in [5, 5.41) is 8.83. The second kappa shape index (κ2) is 4.24. The van der Waals surface area contributed by atoms with Gasteiger partial charge in [-0.25, -0.2) is 4.39 Å². The SMILES string of the molecule is O=C(O)[C@H]1[C@H](c2ccc(C(F)(F)F)c(F)c2)C1(Cl)Cl. The molecule has 2 atom stereocenters. The highest BCUT2D eigenvalue weighted by atomic mass is 35.5. The fourth-order valence-corrected chi connectivity index (χ4v) is 2.82. The molecule has 1 aliphatic carbocycles. The summed E-state index contributed by atoms with van der Waals surface area (Å²) >= 11 is 11.4. The van der Waals surface area contributed by atoms with E-state index in [1.54, 1.807) is 0 Å². The van der Waals surface area contributed by atoms with E-state index < -0.39 is 39.7 Å². The fraction of sp³-hybridized carbons (Fsp3) is 0.364. The van der Waals surface area contributed by atoms with Crippen molar-refractivity contribution in [3.63, 3.8) is 0 Å². The molecular formula is C11H6Cl2F4O2. The van der Waals surface area contributed by atoms with Crippen molar-refractivity contribution in [3.05, 3.63) is 35.1 Å². The highest BCUT2D eigenvalue weighted by molar-refractivity contribution is 6.53. The van der Waals surface area contributed by atoms with Gasteiger partial charge < -0.3 is 5.11 Å². The van der Waals surface area contributed by atoms with E-state index >= 15 is 0 Å². The van der Waals surface area contributed by atoms with E-state index in [1.165, 1.54) is 0 Å². The van der Waals surface area contributed by atoms with Crippen LogP contribution in [0.5, 0.6) is 0 Å². The van der Waals surface area contributed by atoms with Crippen LogP contribution in [-0.4, -0.2) is 15.4 Å². The number of rotatable bonds is 2. The summed E-state index contributed by atoms with van der Waals surface area (Å²) in [6.07, 6.45) is -4.81. The van der Waals surface area contributed by atoms with Gasteiger partial charge in [-0.05, 0) is 17.7 Å². The summed E-state index contributed by atoms with van der Waals surface area (Å²) in [4.78, 5) is 10.8.